The number of nitrogens with zero attached hydrogens (tertiary/aromatic N) is 2. The zero-order chi connectivity index (χ0) is 20.1. The number of nitrogens with one attached hydrogen (secondary N) is 2. The summed E-state index contributed by atoms with van der Waals surface area (Å²) in [6.07, 6.45) is 2.04. The van der Waals surface area contributed by atoms with Crippen LogP contribution in [0.15, 0.2) is 23.2 Å². The molecule has 0 saturated heterocycles. The molecule has 1 atom stereocenters. The second kappa shape index (κ2) is 15.8. The van der Waals surface area contributed by atoms with Gasteiger partial charge in [-0.15, -0.1) is 24.0 Å². The maximum absolute atomic E-state index is 5.83. The number of guanidine groups is 1. The summed E-state index contributed by atoms with van der Waals surface area (Å²) in [5, 5.41) is 6.73. The van der Waals surface area contributed by atoms with E-state index in [1.807, 2.05) is 6.92 Å². The van der Waals surface area contributed by atoms with Gasteiger partial charge in [-0.1, -0.05) is 12.1 Å². The second-order valence-corrected chi connectivity index (χ2v) is 6.87. The van der Waals surface area contributed by atoms with Crippen LogP contribution in [0.1, 0.15) is 31.4 Å². The van der Waals surface area contributed by atoms with E-state index < -0.39 is 0 Å². The van der Waals surface area contributed by atoms with Crippen molar-refractivity contribution in [1.82, 2.24) is 15.5 Å². The molecule has 7 heteroatoms. The van der Waals surface area contributed by atoms with Gasteiger partial charge in [-0.3, -0.25) is 4.99 Å². The van der Waals surface area contributed by atoms with Gasteiger partial charge in [0.25, 0.3) is 0 Å². The summed E-state index contributed by atoms with van der Waals surface area (Å²) in [4.78, 5) is 6.89. The van der Waals surface area contributed by atoms with Crippen molar-refractivity contribution in [2.75, 3.05) is 54.0 Å². The predicted molar refractivity (Wildman–Crippen MR) is 129 cm³/mol. The third kappa shape index (κ3) is 11.1. The highest BCUT2D eigenvalue weighted by Gasteiger charge is 2.09. The molecule has 2 N–H and O–H groups in total. The van der Waals surface area contributed by atoms with Crippen LogP contribution in [-0.2, 0) is 11.2 Å². The average molecular weight is 506 g/mol. The third-order valence-electron chi connectivity index (χ3n) is 4.28. The summed E-state index contributed by atoms with van der Waals surface area (Å²) in [6, 6.07) is 6.36. The van der Waals surface area contributed by atoms with Crippen LogP contribution < -0.4 is 15.4 Å². The van der Waals surface area contributed by atoms with Crippen molar-refractivity contribution >= 4 is 29.9 Å². The number of hydrogen-bond donors (Lipinski definition) is 2. The van der Waals surface area contributed by atoms with Crippen molar-refractivity contribution in [1.29, 1.82) is 0 Å². The maximum Gasteiger partial charge on any atom is 0.191 e. The lowest BCUT2D eigenvalue weighted by Crippen LogP contribution is -2.39. The molecule has 0 aliphatic carbocycles. The standard InChI is InChI=1S/C21H38N4O2.HI/c1-7-22-21(24-16-19(27-8-2)12-14-25(4)5)23-13-11-18-10-9-17(3)20(15-18)26-6;/h9-10,15,19H,7-8,11-14,16H2,1-6H3,(H2,22,23,24);1H. The first-order valence-corrected chi connectivity index (χ1v) is 9.92. The van der Waals surface area contributed by atoms with Gasteiger partial charge in [0.15, 0.2) is 5.96 Å². The van der Waals surface area contributed by atoms with E-state index in [4.69, 9.17) is 14.5 Å². The van der Waals surface area contributed by atoms with Crippen LogP contribution in [0.2, 0.25) is 0 Å². The lowest BCUT2D eigenvalue weighted by atomic mass is 10.1. The van der Waals surface area contributed by atoms with E-state index in [2.05, 4.69) is 61.7 Å². The number of aryl methyl sites for hydroxylation is 1. The molecule has 0 heterocycles. The van der Waals surface area contributed by atoms with E-state index in [9.17, 15) is 0 Å². The molecule has 0 radical (unpaired) electrons. The molecule has 6 nitrogen and oxygen atoms in total. The van der Waals surface area contributed by atoms with Crippen molar-refractivity contribution in [2.24, 2.45) is 4.99 Å². The predicted octanol–water partition coefficient (Wildman–Crippen LogP) is 3.08. The Bertz CT molecular complexity index is 567. The van der Waals surface area contributed by atoms with Gasteiger partial charge in [0.1, 0.15) is 5.75 Å². The Labute approximate surface area is 188 Å². The lowest BCUT2D eigenvalue weighted by Gasteiger charge is -2.19. The minimum Gasteiger partial charge on any atom is -0.496 e. The Hall–Kier alpha value is -1.06. The summed E-state index contributed by atoms with van der Waals surface area (Å²) in [5.74, 6) is 1.78. The molecular formula is C21H39IN4O2. The fourth-order valence-electron chi connectivity index (χ4n) is 2.75. The van der Waals surface area contributed by atoms with Gasteiger partial charge in [0.05, 0.1) is 19.8 Å². The molecule has 1 aromatic carbocycles. The van der Waals surface area contributed by atoms with E-state index in [0.717, 1.165) is 49.7 Å². The van der Waals surface area contributed by atoms with Gasteiger partial charge in [0, 0.05) is 26.2 Å². The summed E-state index contributed by atoms with van der Waals surface area (Å²) in [5.41, 5.74) is 2.41. The van der Waals surface area contributed by atoms with Crippen LogP contribution in [0.4, 0.5) is 0 Å². The number of halogens is 1. The highest BCUT2D eigenvalue weighted by Crippen LogP contribution is 2.18. The number of benzene rings is 1. The van der Waals surface area contributed by atoms with Crippen molar-refractivity contribution in [3.05, 3.63) is 29.3 Å². The minimum atomic E-state index is 0. The van der Waals surface area contributed by atoms with Crippen LogP contribution in [0.3, 0.4) is 0 Å². The van der Waals surface area contributed by atoms with Crippen LogP contribution >= 0.6 is 24.0 Å². The Morgan fingerprint density at radius 3 is 2.57 bits per heavy atom. The third-order valence-corrected chi connectivity index (χ3v) is 4.28. The Balaban J connectivity index is 0.00000729. The lowest BCUT2D eigenvalue weighted by molar-refractivity contribution is 0.0582. The van der Waals surface area contributed by atoms with Gasteiger partial charge in [0.2, 0.25) is 0 Å². The first-order valence-electron chi connectivity index (χ1n) is 9.92. The van der Waals surface area contributed by atoms with Gasteiger partial charge in [-0.25, -0.2) is 0 Å². The Morgan fingerprint density at radius 2 is 1.96 bits per heavy atom. The average Bonchev–Trinajstić information content (AvgIpc) is 2.65. The summed E-state index contributed by atoms with van der Waals surface area (Å²) in [7, 11) is 5.88. The molecule has 1 unspecified atom stereocenters. The van der Waals surface area contributed by atoms with Gasteiger partial charge < -0.3 is 25.0 Å². The number of hydrogen-bond acceptors (Lipinski definition) is 4. The first kappa shape index (κ1) is 26.9. The number of methoxy groups -OCH3 is 1. The molecule has 28 heavy (non-hydrogen) atoms. The van der Waals surface area contributed by atoms with Crippen LogP contribution in [0, 0.1) is 6.92 Å². The van der Waals surface area contributed by atoms with E-state index >= 15 is 0 Å². The molecule has 0 aliphatic rings. The van der Waals surface area contributed by atoms with Crippen LogP contribution in [0.5, 0.6) is 5.75 Å². The molecular weight excluding hydrogens is 467 g/mol. The number of aliphatic imine (C=N–C) groups is 1. The van der Waals surface area contributed by atoms with E-state index in [0.29, 0.717) is 13.2 Å². The number of rotatable bonds is 12. The second-order valence-electron chi connectivity index (χ2n) is 6.87. The highest BCUT2D eigenvalue weighted by atomic mass is 127. The van der Waals surface area contributed by atoms with Crippen molar-refractivity contribution in [2.45, 2.75) is 39.7 Å². The zero-order valence-electron chi connectivity index (χ0n) is 18.4. The largest absolute Gasteiger partial charge is 0.496 e. The molecule has 0 saturated carbocycles. The SMILES string of the molecule is CCNC(=NCC(CCN(C)C)OCC)NCCc1ccc(C)c(OC)c1.I. The normalized spacial score (nSPS) is 12.5. The molecule has 0 fully saturated rings. The van der Waals surface area contributed by atoms with E-state index in [-0.39, 0.29) is 30.1 Å². The molecule has 0 spiro atoms. The fourth-order valence-corrected chi connectivity index (χ4v) is 2.75. The topological polar surface area (TPSA) is 58.1 Å². The molecule has 0 amide bonds. The smallest absolute Gasteiger partial charge is 0.191 e. The minimum absolute atomic E-state index is 0. The maximum atomic E-state index is 5.83. The van der Waals surface area contributed by atoms with Gasteiger partial charge >= 0.3 is 0 Å². The molecule has 0 bridgehead atoms. The van der Waals surface area contributed by atoms with Crippen LogP contribution in [0.25, 0.3) is 0 Å². The quantitative estimate of drug-likeness (QED) is 0.259. The van der Waals surface area contributed by atoms with E-state index in [1.54, 1.807) is 7.11 Å². The molecule has 162 valence electrons. The zero-order valence-corrected chi connectivity index (χ0v) is 20.7. The first-order chi connectivity index (χ1) is 13.0. The molecule has 0 aromatic heterocycles. The fraction of sp³-hybridized carbons (Fsp3) is 0.667. The Kier molecular flexibility index (Phi) is 15.2. The number of ether oxygens (including phenoxy) is 2. The van der Waals surface area contributed by atoms with Gasteiger partial charge in [-0.05, 0) is 64.9 Å². The van der Waals surface area contributed by atoms with Crippen molar-refractivity contribution < 1.29 is 9.47 Å². The van der Waals surface area contributed by atoms with Crippen molar-refractivity contribution in [3.63, 3.8) is 0 Å². The summed E-state index contributed by atoms with van der Waals surface area (Å²) < 4.78 is 11.2. The highest BCUT2D eigenvalue weighted by molar-refractivity contribution is 14.0. The molecule has 1 aromatic rings. The summed E-state index contributed by atoms with van der Waals surface area (Å²) >= 11 is 0. The van der Waals surface area contributed by atoms with Crippen LogP contribution in [-0.4, -0.2) is 71.0 Å². The molecule has 1 rings (SSSR count). The Morgan fingerprint density at radius 1 is 1.21 bits per heavy atom. The van der Waals surface area contributed by atoms with E-state index in [1.165, 1.54) is 5.56 Å². The van der Waals surface area contributed by atoms with Gasteiger partial charge in [-0.2, -0.15) is 0 Å². The monoisotopic (exact) mass is 506 g/mol. The summed E-state index contributed by atoms with van der Waals surface area (Å²) in [6.45, 7) is 10.2. The molecule has 0 aliphatic heterocycles. The van der Waals surface area contributed by atoms with Crippen molar-refractivity contribution in [3.8, 4) is 5.75 Å².